The van der Waals surface area contributed by atoms with Crippen LogP contribution >= 0.6 is 11.3 Å². The van der Waals surface area contributed by atoms with Gasteiger partial charge in [0.05, 0.1) is 11.1 Å². The Balaban J connectivity index is 1.98. The molecule has 0 aliphatic carbocycles. The zero-order chi connectivity index (χ0) is 14.5. The van der Waals surface area contributed by atoms with Gasteiger partial charge in [-0.1, -0.05) is 11.3 Å². The van der Waals surface area contributed by atoms with E-state index in [1.807, 2.05) is 0 Å². The van der Waals surface area contributed by atoms with Crippen molar-refractivity contribution in [2.45, 2.75) is 0 Å². The van der Waals surface area contributed by atoms with Crippen LogP contribution in [0.5, 0.6) is 0 Å². The lowest BCUT2D eigenvalue weighted by molar-refractivity contribution is -0.380. The van der Waals surface area contributed by atoms with Gasteiger partial charge in [0.1, 0.15) is 11.6 Å². The summed E-state index contributed by atoms with van der Waals surface area (Å²) in [7, 11) is 0. The molecule has 0 atom stereocenters. The normalized spacial score (nSPS) is 10.7. The SMILES string of the molecule is O=C(/C=C/c1ccc([N+](=O)[O-])s1)Nc1ccc(F)cn1. The summed E-state index contributed by atoms with van der Waals surface area (Å²) in [5.41, 5.74) is 0. The van der Waals surface area contributed by atoms with Crippen LogP contribution in [-0.4, -0.2) is 15.8 Å². The molecule has 2 rings (SSSR count). The number of thiophene rings is 1. The molecule has 0 saturated heterocycles. The Hall–Kier alpha value is -2.61. The zero-order valence-corrected chi connectivity index (χ0v) is 10.8. The summed E-state index contributed by atoms with van der Waals surface area (Å²) in [6.07, 6.45) is 3.67. The Kier molecular flexibility index (Phi) is 4.16. The van der Waals surface area contributed by atoms with Crippen molar-refractivity contribution in [1.29, 1.82) is 0 Å². The summed E-state index contributed by atoms with van der Waals surface area (Å²) in [6, 6.07) is 5.42. The van der Waals surface area contributed by atoms with Crippen molar-refractivity contribution in [3.05, 3.63) is 57.3 Å². The van der Waals surface area contributed by atoms with E-state index in [1.54, 1.807) is 6.07 Å². The number of carbonyl (C=O) groups excluding carboxylic acids is 1. The molecule has 8 heteroatoms. The van der Waals surface area contributed by atoms with Crippen molar-refractivity contribution in [2.75, 3.05) is 5.32 Å². The van der Waals surface area contributed by atoms with Gasteiger partial charge in [-0.05, 0) is 24.3 Å². The molecule has 102 valence electrons. The molecule has 0 saturated carbocycles. The Morgan fingerprint density at radius 3 is 2.80 bits per heavy atom. The van der Waals surface area contributed by atoms with Gasteiger partial charge in [0.25, 0.3) is 0 Å². The summed E-state index contributed by atoms with van der Waals surface area (Å²) < 4.78 is 12.6. The van der Waals surface area contributed by atoms with E-state index >= 15 is 0 Å². The van der Waals surface area contributed by atoms with Gasteiger partial charge < -0.3 is 5.32 Å². The third kappa shape index (κ3) is 3.69. The highest BCUT2D eigenvalue weighted by Crippen LogP contribution is 2.24. The number of nitrogens with one attached hydrogen (secondary N) is 1. The molecule has 2 aromatic rings. The van der Waals surface area contributed by atoms with Crippen molar-refractivity contribution in [2.24, 2.45) is 0 Å². The number of halogens is 1. The number of nitrogens with zero attached hydrogens (tertiary/aromatic N) is 2. The van der Waals surface area contributed by atoms with E-state index in [4.69, 9.17) is 0 Å². The van der Waals surface area contributed by atoms with Crippen molar-refractivity contribution < 1.29 is 14.1 Å². The summed E-state index contributed by atoms with van der Waals surface area (Å²) in [5, 5.41) is 12.9. The van der Waals surface area contributed by atoms with Gasteiger partial charge in [0.2, 0.25) is 5.91 Å². The molecular weight excluding hydrogens is 285 g/mol. The highest BCUT2D eigenvalue weighted by Gasteiger charge is 2.08. The van der Waals surface area contributed by atoms with Crippen LogP contribution in [0.2, 0.25) is 0 Å². The molecule has 0 bridgehead atoms. The van der Waals surface area contributed by atoms with Gasteiger partial charge in [0.15, 0.2) is 0 Å². The minimum absolute atomic E-state index is 0.00487. The van der Waals surface area contributed by atoms with E-state index in [0.717, 1.165) is 17.5 Å². The Labute approximate surface area is 116 Å². The first kappa shape index (κ1) is 13.8. The fourth-order valence-electron chi connectivity index (χ4n) is 1.31. The van der Waals surface area contributed by atoms with E-state index in [0.29, 0.717) is 4.88 Å². The van der Waals surface area contributed by atoms with Gasteiger partial charge in [-0.25, -0.2) is 9.37 Å². The summed E-state index contributed by atoms with van der Waals surface area (Å²) >= 11 is 0.960. The van der Waals surface area contributed by atoms with Gasteiger partial charge in [0, 0.05) is 17.0 Å². The number of rotatable bonds is 4. The minimum atomic E-state index is -0.496. The molecule has 0 aromatic carbocycles. The van der Waals surface area contributed by atoms with Gasteiger partial charge >= 0.3 is 5.00 Å². The monoisotopic (exact) mass is 293 g/mol. The first-order valence-electron chi connectivity index (χ1n) is 5.39. The number of carbonyl (C=O) groups is 1. The Bertz CT molecular complexity index is 667. The first-order chi connectivity index (χ1) is 9.54. The maximum Gasteiger partial charge on any atom is 0.324 e. The van der Waals surface area contributed by atoms with Crippen molar-refractivity contribution in [1.82, 2.24) is 4.98 Å². The van der Waals surface area contributed by atoms with Gasteiger partial charge in [-0.3, -0.25) is 14.9 Å². The lowest BCUT2D eigenvalue weighted by Gasteiger charge is -1.99. The molecule has 0 unspecified atom stereocenters. The fourth-order valence-corrected chi connectivity index (χ4v) is 2.03. The second kappa shape index (κ2) is 6.02. The second-order valence-corrected chi connectivity index (χ2v) is 4.71. The smallest absolute Gasteiger partial charge is 0.307 e. The van der Waals surface area contributed by atoms with Crippen LogP contribution in [-0.2, 0) is 4.79 Å². The lowest BCUT2D eigenvalue weighted by atomic mass is 10.4. The Morgan fingerprint density at radius 1 is 1.40 bits per heavy atom. The summed E-state index contributed by atoms with van der Waals surface area (Å²) in [4.78, 5) is 25.8. The molecule has 6 nitrogen and oxygen atoms in total. The van der Waals surface area contributed by atoms with Crippen LogP contribution < -0.4 is 5.32 Å². The molecular formula is C12H8FN3O3S. The molecule has 0 aliphatic rings. The number of pyridine rings is 1. The third-order valence-electron chi connectivity index (χ3n) is 2.17. The van der Waals surface area contributed by atoms with E-state index in [-0.39, 0.29) is 10.8 Å². The first-order valence-corrected chi connectivity index (χ1v) is 6.21. The van der Waals surface area contributed by atoms with Crippen LogP contribution in [0.3, 0.4) is 0 Å². The van der Waals surface area contributed by atoms with Crippen molar-refractivity contribution in [3.63, 3.8) is 0 Å². The average Bonchev–Trinajstić information content (AvgIpc) is 2.88. The maximum atomic E-state index is 12.6. The van der Waals surface area contributed by atoms with Crippen LogP contribution in [0.4, 0.5) is 15.2 Å². The van der Waals surface area contributed by atoms with Gasteiger partial charge in [-0.2, -0.15) is 0 Å². The van der Waals surface area contributed by atoms with Crippen LogP contribution in [0, 0.1) is 15.9 Å². The minimum Gasteiger partial charge on any atom is -0.307 e. The van der Waals surface area contributed by atoms with E-state index in [9.17, 15) is 19.3 Å². The number of hydrogen-bond donors (Lipinski definition) is 1. The van der Waals surface area contributed by atoms with E-state index in [1.165, 1.54) is 30.4 Å². The quantitative estimate of drug-likeness (QED) is 0.533. The average molecular weight is 293 g/mol. The highest BCUT2D eigenvalue weighted by atomic mass is 32.1. The van der Waals surface area contributed by atoms with E-state index in [2.05, 4.69) is 10.3 Å². The molecule has 0 spiro atoms. The molecule has 0 fully saturated rings. The number of aromatic nitrogens is 1. The van der Waals surface area contributed by atoms with Crippen molar-refractivity contribution in [3.8, 4) is 0 Å². The predicted molar refractivity (Wildman–Crippen MR) is 72.8 cm³/mol. The summed E-state index contributed by atoms with van der Waals surface area (Å²) in [5.74, 6) is -0.734. The molecule has 2 heterocycles. The topological polar surface area (TPSA) is 85.1 Å². The molecule has 0 radical (unpaired) electrons. The number of amides is 1. The number of hydrogen-bond acceptors (Lipinski definition) is 5. The molecule has 20 heavy (non-hydrogen) atoms. The fraction of sp³-hybridized carbons (Fsp3) is 0. The van der Waals surface area contributed by atoms with Crippen molar-refractivity contribution >= 4 is 34.1 Å². The standard InChI is InChI=1S/C12H8FN3O3S/c13-8-1-4-10(14-7-8)15-11(17)5-2-9-3-6-12(20-9)16(18)19/h1-7H,(H,14,15,17)/b5-2+. The number of nitro groups is 1. The molecule has 1 N–H and O–H groups in total. The summed E-state index contributed by atoms with van der Waals surface area (Å²) in [6.45, 7) is 0. The van der Waals surface area contributed by atoms with Crippen LogP contribution in [0.1, 0.15) is 4.88 Å². The second-order valence-electron chi connectivity index (χ2n) is 3.62. The predicted octanol–water partition coefficient (Wildman–Crippen LogP) is 2.84. The van der Waals surface area contributed by atoms with E-state index < -0.39 is 16.6 Å². The highest BCUT2D eigenvalue weighted by molar-refractivity contribution is 7.16. The largest absolute Gasteiger partial charge is 0.324 e. The lowest BCUT2D eigenvalue weighted by Crippen LogP contribution is -2.08. The van der Waals surface area contributed by atoms with Gasteiger partial charge in [-0.15, -0.1) is 0 Å². The molecule has 1 amide bonds. The third-order valence-corrected chi connectivity index (χ3v) is 3.17. The zero-order valence-electron chi connectivity index (χ0n) is 9.95. The van der Waals surface area contributed by atoms with Crippen LogP contribution in [0.25, 0.3) is 6.08 Å². The molecule has 0 aliphatic heterocycles. The maximum absolute atomic E-state index is 12.6. The molecule has 2 aromatic heterocycles. The number of anilines is 1. The van der Waals surface area contributed by atoms with Crippen LogP contribution in [0.15, 0.2) is 36.5 Å². The Morgan fingerprint density at radius 2 is 2.20 bits per heavy atom.